The van der Waals surface area contributed by atoms with Crippen LogP contribution < -0.4 is 10.6 Å². The van der Waals surface area contributed by atoms with Crippen molar-refractivity contribution in [2.75, 3.05) is 13.3 Å². The Kier molecular flexibility index (Phi) is 9.50. The first kappa shape index (κ1) is 25.6. The van der Waals surface area contributed by atoms with Crippen molar-refractivity contribution < 1.29 is 28.7 Å². The van der Waals surface area contributed by atoms with Gasteiger partial charge in [-0.25, -0.2) is 9.59 Å². The van der Waals surface area contributed by atoms with E-state index in [0.717, 1.165) is 12.8 Å². The number of alkyl carbamates (subject to hydrolysis) is 1. The second-order valence-corrected chi connectivity index (χ2v) is 8.85. The van der Waals surface area contributed by atoms with Crippen LogP contribution in [0.4, 0.5) is 4.79 Å². The topological polar surface area (TPSA) is 111 Å². The summed E-state index contributed by atoms with van der Waals surface area (Å²) >= 11 is 6.36. The Hall–Kier alpha value is -2.61. The Morgan fingerprint density at radius 1 is 1.16 bits per heavy atom. The molecule has 1 fully saturated rings. The molecule has 1 aromatic carbocycles. The van der Waals surface area contributed by atoms with Crippen molar-refractivity contribution in [3.8, 4) is 0 Å². The van der Waals surface area contributed by atoms with Crippen molar-refractivity contribution in [1.29, 1.82) is 0 Å². The zero-order valence-corrected chi connectivity index (χ0v) is 19.5. The predicted molar refractivity (Wildman–Crippen MR) is 119 cm³/mol. The molecule has 1 aliphatic rings. The van der Waals surface area contributed by atoms with E-state index in [0.29, 0.717) is 29.8 Å². The number of nitrogens with one attached hydrogen (secondary N) is 2. The van der Waals surface area contributed by atoms with E-state index in [1.165, 1.54) is 6.92 Å². The van der Waals surface area contributed by atoms with Crippen LogP contribution >= 0.6 is 11.6 Å². The summed E-state index contributed by atoms with van der Waals surface area (Å²) in [5, 5.41) is 5.62. The minimum absolute atomic E-state index is 0.0235. The highest BCUT2D eigenvalue weighted by molar-refractivity contribution is 6.31. The summed E-state index contributed by atoms with van der Waals surface area (Å²) in [6, 6.07) is 6.31. The first-order valence-electron chi connectivity index (χ1n) is 10.8. The van der Waals surface area contributed by atoms with Gasteiger partial charge in [-0.15, -0.1) is 0 Å². The zero-order valence-electron chi connectivity index (χ0n) is 18.7. The molecule has 8 nitrogen and oxygen atoms in total. The average molecular weight is 467 g/mol. The van der Waals surface area contributed by atoms with Gasteiger partial charge in [-0.1, -0.05) is 50.1 Å². The largest absolute Gasteiger partial charge is 0.426 e. The summed E-state index contributed by atoms with van der Waals surface area (Å²) in [4.78, 5) is 48.6. The number of carbonyl (C=O) groups is 4. The molecule has 2 atom stereocenters. The number of ether oxygens (including phenoxy) is 2. The molecule has 0 saturated heterocycles. The van der Waals surface area contributed by atoms with Gasteiger partial charge in [0.05, 0.1) is 5.41 Å². The maximum atomic E-state index is 12.9. The standard InChI is InChI=1S/C23H31ClN2O6/c1-15(2)12-19(26-16(3)27)21(29)31-14-32-22(30)25-13-23(11-7-6-10-20(23)28)17-8-4-5-9-18(17)24/h4-5,8-9,15,19H,6-7,10-14H2,1-3H3,(H,25,30)(H,26,27)/t19-,23+/m0/s1. The van der Waals surface area contributed by atoms with Crippen LogP contribution in [0.15, 0.2) is 24.3 Å². The van der Waals surface area contributed by atoms with Crippen LogP contribution in [0, 0.1) is 5.92 Å². The molecule has 2 rings (SSSR count). The number of benzene rings is 1. The maximum absolute atomic E-state index is 12.9. The van der Waals surface area contributed by atoms with Crippen LogP contribution in [0.5, 0.6) is 0 Å². The first-order valence-corrected chi connectivity index (χ1v) is 11.2. The monoisotopic (exact) mass is 466 g/mol. The van der Waals surface area contributed by atoms with Gasteiger partial charge in [0.2, 0.25) is 12.7 Å². The third-order valence-electron chi connectivity index (χ3n) is 5.48. The van der Waals surface area contributed by atoms with Crippen LogP contribution in [-0.2, 0) is 29.3 Å². The molecule has 0 heterocycles. The minimum atomic E-state index is -0.917. The number of ketones is 1. The zero-order chi connectivity index (χ0) is 23.7. The molecule has 1 aromatic rings. The number of carbonyl (C=O) groups excluding carboxylic acids is 4. The van der Waals surface area contributed by atoms with E-state index >= 15 is 0 Å². The molecule has 0 spiro atoms. The van der Waals surface area contributed by atoms with Crippen LogP contribution in [-0.4, -0.2) is 43.1 Å². The second-order valence-electron chi connectivity index (χ2n) is 8.44. The summed E-state index contributed by atoms with van der Waals surface area (Å²) in [6.07, 6.45) is 2.21. The van der Waals surface area contributed by atoms with E-state index in [1.807, 2.05) is 19.9 Å². The van der Waals surface area contributed by atoms with Gasteiger partial charge < -0.3 is 20.1 Å². The van der Waals surface area contributed by atoms with Gasteiger partial charge in [-0.3, -0.25) is 9.59 Å². The predicted octanol–water partition coefficient (Wildman–Crippen LogP) is 3.50. The highest BCUT2D eigenvalue weighted by Crippen LogP contribution is 2.39. The van der Waals surface area contributed by atoms with Crippen LogP contribution in [0.1, 0.15) is 58.4 Å². The summed E-state index contributed by atoms with van der Waals surface area (Å²) in [5.41, 5.74) is -0.231. The fourth-order valence-electron chi connectivity index (χ4n) is 3.95. The lowest BCUT2D eigenvalue weighted by Crippen LogP contribution is -2.48. The van der Waals surface area contributed by atoms with Crippen LogP contribution in [0.2, 0.25) is 5.02 Å². The van der Waals surface area contributed by atoms with Crippen molar-refractivity contribution in [3.63, 3.8) is 0 Å². The molecule has 1 saturated carbocycles. The van der Waals surface area contributed by atoms with E-state index in [1.54, 1.807) is 18.2 Å². The van der Waals surface area contributed by atoms with Crippen molar-refractivity contribution in [2.24, 2.45) is 5.92 Å². The lowest BCUT2D eigenvalue weighted by Gasteiger charge is -2.36. The summed E-state index contributed by atoms with van der Waals surface area (Å²) in [5.74, 6) is -0.863. The Morgan fingerprint density at radius 3 is 2.50 bits per heavy atom. The van der Waals surface area contributed by atoms with Gasteiger partial charge in [0.25, 0.3) is 0 Å². The Labute approximate surface area is 193 Å². The maximum Gasteiger partial charge on any atom is 0.410 e. The SMILES string of the molecule is CC(=O)N[C@@H](CC(C)C)C(=O)OCOC(=O)NC[C@@]1(c2ccccc2Cl)CCCCC1=O. The second kappa shape index (κ2) is 11.9. The fraction of sp³-hybridized carbons (Fsp3) is 0.565. The molecule has 1 aliphatic carbocycles. The molecule has 32 heavy (non-hydrogen) atoms. The van der Waals surface area contributed by atoms with Gasteiger partial charge >= 0.3 is 12.1 Å². The third-order valence-corrected chi connectivity index (χ3v) is 5.80. The van der Waals surface area contributed by atoms with Crippen molar-refractivity contribution in [3.05, 3.63) is 34.9 Å². The molecular formula is C23H31ClN2O6. The molecule has 176 valence electrons. The normalized spacial score (nSPS) is 19.2. The van der Waals surface area contributed by atoms with Crippen LogP contribution in [0.3, 0.4) is 0 Å². The number of amides is 2. The van der Waals surface area contributed by atoms with E-state index in [4.69, 9.17) is 21.1 Å². The van der Waals surface area contributed by atoms with Crippen molar-refractivity contribution in [2.45, 2.75) is 64.3 Å². The number of hydrogen-bond donors (Lipinski definition) is 2. The summed E-state index contributed by atoms with van der Waals surface area (Å²) in [6.45, 7) is 4.56. The number of hydrogen-bond acceptors (Lipinski definition) is 6. The molecule has 0 aromatic heterocycles. The molecule has 9 heteroatoms. The van der Waals surface area contributed by atoms with Gasteiger partial charge in [0.15, 0.2) is 0 Å². The minimum Gasteiger partial charge on any atom is -0.426 e. The number of Topliss-reactive ketones (excluding diaryl/α,β-unsaturated/α-hetero) is 1. The van der Waals surface area contributed by atoms with Gasteiger partial charge in [0.1, 0.15) is 11.8 Å². The summed E-state index contributed by atoms with van der Waals surface area (Å²) < 4.78 is 9.95. The van der Waals surface area contributed by atoms with E-state index < -0.39 is 30.3 Å². The molecule has 2 N–H and O–H groups in total. The van der Waals surface area contributed by atoms with E-state index in [9.17, 15) is 19.2 Å². The van der Waals surface area contributed by atoms with E-state index in [2.05, 4.69) is 10.6 Å². The molecule has 0 unspecified atom stereocenters. The van der Waals surface area contributed by atoms with Crippen LogP contribution in [0.25, 0.3) is 0 Å². The summed E-state index contributed by atoms with van der Waals surface area (Å²) in [7, 11) is 0. The smallest absolute Gasteiger partial charge is 0.410 e. The van der Waals surface area contributed by atoms with Crippen molar-refractivity contribution in [1.82, 2.24) is 10.6 Å². The van der Waals surface area contributed by atoms with Gasteiger partial charge in [-0.05, 0) is 36.8 Å². The lowest BCUT2D eigenvalue weighted by molar-refractivity contribution is -0.156. The van der Waals surface area contributed by atoms with Gasteiger partial charge in [0, 0.05) is 24.9 Å². The Balaban J connectivity index is 1.94. The third kappa shape index (κ3) is 6.95. The Bertz CT molecular complexity index is 844. The number of halogens is 1. The lowest BCUT2D eigenvalue weighted by atomic mass is 9.68. The molecule has 0 radical (unpaired) electrons. The Morgan fingerprint density at radius 2 is 1.88 bits per heavy atom. The highest BCUT2D eigenvalue weighted by Gasteiger charge is 2.43. The molecule has 2 amide bonds. The number of esters is 1. The molecule has 0 aliphatic heterocycles. The molecular weight excluding hydrogens is 436 g/mol. The average Bonchev–Trinajstić information content (AvgIpc) is 2.72. The highest BCUT2D eigenvalue weighted by atomic mass is 35.5. The quantitative estimate of drug-likeness (QED) is 0.425. The van der Waals surface area contributed by atoms with Crippen molar-refractivity contribution >= 4 is 35.4 Å². The number of rotatable bonds is 9. The molecule has 0 bridgehead atoms. The fourth-order valence-corrected chi connectivity index (χ4v) is 4.27. The van der Waals surface area contributed by atoms with Gasteiger partial charge in [-0.2, -0.15) is 0 Å². The van der Waals surface area contributed by atoms with E-state index in [-0.39, 0.29) is 24.2 Å². The first-order chi connectivity index (χ1) is 15.2.